The Morgan fingerprint density at radius 2 is 1.70 bits per heavy atom. The molecular weight excluding hydrogens is 381 g/mol. The average molecular weight is 407 g/mol. The van der Waals surface area contributed by atoms with Crippen molar-refractivity contribution in [2.45, 2.75) is 33.3 Å². The molecule has 0 radical (unpaired) electrons. The highest BCUT2D eigenvalue weighted by Gasteiger charge is 2.13. The van der Waals surface area contributed by atoms with Crippen molar-refractivity contribution in [1.82, 2.24) is 0 Å². The minimum absolute atomic E-state index is 0.275. The van der Waals surface area contributed by atoms with Crippen molar-refractivity contribution in [2.24, 2.45) is 0 Å². The Morgan fingerprint density at radius 3 is 2.40 bits per heavy atom. The highest BCUT2D eigenvalue weighted by atomic mass is 19.1. The second kappa shape index (κ2) is 9.92. The molecule has 4 nitrogen and oxygen atoms in total. The number of carbonyl (C=O) groups excluding carboxylic acids is 1. The van der Waals surface area contributed by atoms with Gasteiger partial charge in [-0.15, -0.1) is 0 Å². The van der Waals surface area contributed by atoms with Crippen LogP contribution < -0.4 is 14.8 Å². The third-order valence-electron chi connectivity index (χ3n) is 4.65. The number of benzene rings is 3. The van der Waals surface area contributed by atoms with Crippen LogP contribution in [0.15, 0.2) is 66.7 Å². The van der Waals surface area contributed by atoms with Crippen molar-refractivity contribution in [1.29, 1.82) is 0 Å². The summed E-state index contributed by atoms with van der Waals surface area (Å²) < 4.78 is 24.9. The normalized spacial score (nSPS) is 10.7. The van der Waals surface area contributed by atoms with Crippen molar-refractivity contribution in [3.8, 4) is 11.5 Å². The number of halogens is 1. The van der Waals surface area contributed by atoms with E-state index in [0.29, 0.717) is 29.5 Å². The van der Waals surface area contributed by atoms with E-state index in [-0.39, 0.29) is 18.3 Å². The maximum Gasteiger partial charge on any atom is 0.255 e. The van der Waals surface area contributed by atoms with Gasteiger partial charge in [0.25, 0.3) is 5.91 Å². The number of hydrogen-bond donors (Lipinski definition) is 1. The Bertz CT molecular complexity index is 1000. The number of anilines is 1. The SMILES string of the molecule is CCOc1ccc(C(=O)Nc2ccc(F)cc2)cc1COc1ccccc1C(C)C. The molecule has 3 rings (SSSR count). The van der Waals surface area contributed by atoms with Crippen molar-refractivity contribution < 1.29 is 18.7 Å². The second-order valence-corrected chi connectivity index (χ2v) is 7.20. The fraction of sp³-hybridized carbons (Fsp3) is 0.240. The first kappa shape index (κ1) is 21.4. The fourth-order valence-electron chi connectivity index (χ4n) is 3.11. The number of nitrogens with one attached hydrogen (secondary N) is 1. The van der Waals surface area contributed by atoms with Crippen LogP contribution in [0, 0.1) is 5.82 Å². The lowest BCUT2D eigenvalue weighted by Gasteiger charge is -2.16. The third-order valence-corrected chi connectivity index (χ3v) is 4.65. The van der Waals surface area contributed by atoms with Crippen LogP contribution in [-0.4, -0.2) is 12.5 Å². The molecule has 156 valence electrons. The van der Waals surface area contributed by atoms with Gasteiger partial charge in [0.05, 0.1) is 6.61 Å². The maximum absolute atomic E-state index is 13.1. The van der Waals surface area contributed by atoms with Crippen molar-refractivity contribution in [2.75, 3.05) is 11.9 Å². The minimum atomic E-state index is -0.352. The second-order valence-electron chi connectivity index (χ2n) is 7.20. The molecule has 0 saturated heterocycles. The molecule has 0 saturated carbocycles. The standard InChI is InChI=1S/C25H26FNO3/c1-4-29-23-14-9-18(25(28)27-21-12-10-20(26)11-13-21)15-19(23)16-30-24-8-6-5-7-22(24)17(2)3/h5-15,17H,4,16H2,1-3H3,(H,27,28). The van der Waals surface area contributed by atoms with E-state index in [1.165, 1.54) is 24.3 Å². The zero-order chi connectivity index (χ0) is 21.5. The van der Waals surface area contributed by atoms with Crippen LogP contribution in [0.25, 0.3) is 0 Å². The van der Waals surface area contributed by atoms with Gasteiger partial charge in [0.2, 0.25) is 0 Å². The Balaban J connectivity index is 1.80. The monoisotopic (exact) mass is 407 g/mol. The van der Waals surface area contributed by atoms with E-state index in [2.05, 4.69) is 25.2 Å². The summed E-state index contributed by atoms with van der Waals surface area (Å²) >= 11 is 0. The van der Waals surface area contributed by atoms with E-state index in [0.717, 1.165) is 16.9 Å². The molecule has 0 heterocycles. The van der Waals surface area contributed by atoms with Gasteiger partial charge in [-0.3, -0.25) is 4.79 Å². The summed E-state index contributed by atoms with van der Waals surface area (Å²) in [5, 5.41) is 2.77. The maximum atomic E-state index is 13.1. The molecule has 0 aliphatic rings. The van der Waals surface area contributed by atoms with Gasteiger partial charge >= 0.3 is 0 Å². The van der Waals surface area contributed by atoms with Gasteiger partial charge in [-0.2, -0.15) is 0 Å². The van der Waals surface area contributed by atoms with Gasteiger partial charge in [-0.25, -0.2) is 4.39 Å². The van der Waals surface area contributed by atoms with E-state index >= 15 is 0 Å². The van der Waals surface area contributed by atoms with E-state index in [4.69, 9.17) is 9.47 Å². The van der Waals surface area contributed by atoms with E-state index in [1.807, 2.05) is 25.1 Å². The number of para-hydroxylation sites is 1. The summed E-state index contributed by atoms with van der Waals surface area (Å²) in [6, 6.07) is 18.8. The van der Waals surface area contributed by atoms with Crippen LogP contribution >= 0.6 is 0 Å². The summed E-state index contributed by atoms with van der Waals surface area (Å²) in [5.74, 6) is 1.19. The smallest absolute Gasteiger partial charge is 0.255 e. The topological polar surface area (TPSA) is 47.6 Å². The van der Waals surface area contributed by atoms with Crippen molar-refractivity contribution in [3.05, 3.63) is 89.2 Å². The summed E-state index contributed by atoms with van der Waals surface area (Å²) in [4.78, 5) is 12.7. The van der Waals surface area contributed by atoms with Gasteiger partial charge in [0.1, 0.15) is 23.9 Å². The minimum Gasteiger partial charge on any atom is -0.493 e. The molecular formula is C25H26FNO3. The molecule has 0 unspecified atom stereocenters. The number of amides is 1. The van der Waals surface area contributed by atoms with Crippen LogP contribution in [0.1, 0.15) is 48.2 Å². The zero-order valence-electron chi connectivity index (χ0n) is 17.4. The van der Waals surface area contributed by atoms with E-state index in [9.17, 15) is 9.18 Å². The van der Waals surface area contributed by atoms with Crippen LogP contribution in [0.3, 0.4) is 0 Å². The number of ether oxygens (including phenoxy) is 2. The lowest BCUT2D eigenvalue weighted by atomic mass is 10.0. The number of hydrogen-bond acceptors (Lipinski definition) is 3. The molecule has 0 fully saturated rings. The highest BCUT2D eigenvalue weighted by molar-refractivity contribution is 6.04. The Labute approximate surface area is 176 Å². The van der Waals surface area contributed by atoms with Crippen molar-refractivity contribution in [3.63, 3.8) is 0 Å². The summed E-state index contributed by atoms with van der Waals surface area (Å²) in [6.07, 6.45) is 0. The first-order valence-corrected chi connectivity index (χ1v) is 10.0. The number of carbonyl (C=O) groups is 1. The molecule has 3 aromatic carbocycles. The number of rotatable bonds is 8. The molecule has 5 heteroatoms. The molecule has 0 bridgehead atoms. The highest BCUT2D eigenvalue weighted by Crippen LogP contribution is 2.28. The summed E-state index contributed by atoms with van der Waals surface area (Å²) in [6.45, 7) is 6.93. The van der Waals surface area contributed by atoms with Crippen LogP contribution in [0.2, 0.25) is 0 Å². The molecule has 3 aromatic rings. The Hall–Kier alpha value is -3.34. The molecule has 0 atom stereocenters. The lowest BCUT2D eigenvalue weighted by Crippen LogP contribution is -2.13. The van der Waals surface area contributed by atoms with Crippen molar-refractivity contribution >= 4 is 11.6 Å². The molecule has 0 spiro atoms. The molecule has 1 amide bonds. The predicted octanol–water partition coefficient (Wildman–Crippen LogP) is 6.18. The zero-order valence-corrected chi connectivity index (χ0v) is 17.4. The lowest BCUT2D eigenvalue weighted by molar-refractivity contribution is 0.102. The first-order valence-electron chi connectivity index (χ1n) is 10.0. The largest absolute Gasteiger partial charge is 0.493 e. The predicted molar refractivity (Wildman–Crippen MR) is 117 cm³/mol. The van der Waals surface area contributed by atoms with E-state index in [1.54, 1.807) is 18.2 Å². The molecule has 1 N–H and O–H groups in total. The van der Waals surface area contributed by atoms with Gasteiger partial charge < -0.3 is 14.8 Å². The molecule has 30 heavy (non-hydrogen) atoms. The summed E-state index contributed by atoms with van der Waals surface area (Å²) in [5.41, 5.74) is 2.90. The molecule has 0 aliphatic carbocycles. The summed E-state index contributed by atoms with van der Waals surface area (Å²) in [7, 11) is 0. The quantitative estimate of drug-likeness (QED) is 0.485. The first-order chi connectivity index (χ1) is 14.5. The van der Waals surface area contributed by atoms with Crippen LogP contribution in [0.4, 0.5) is 10.1 Å². The van der Waals surface area contributed by atoms with Gasteiger partial charge in [0.15, 0.2) is 0 Å². The van der Waals surface area contributed by atoms with Gasteiger partial charge in [0, 0.05) is 16.8 Å². The molecule has 0 aromatic heterocycles. The van der Waals surface area contributed by atoms with Gasteiger partial charge in [-0.05, 0) is 66.9 Å². The fourth-order valence-corrected chi connectivity index (χ4v) is 3.11. The van der Waals surface area contributed by atoms with Crippen LogP contribution in [-0.2, 0) is 6.61 Å². The average Bonchev–Trinajstić information content (AvgIpc) is 2.75. The Morgan fingerprint density at radius 1 is 0.967 bits per heavy atom. The van der Waals surface area contributed by atoms with Crippen LogP contribution in [0.5, 0.6) is 11.5 Å². The third kappa shape index (κ3) is 5.38. The van der Waals surface area contributed by atoms with E-state index < -0.39 is 0 Å². The molecule has 0 aliphatic heterocycles. The Kier molecular flexibility index (Phi) is 7.07. The van der Waals surface area contributed by atoms with Gasteiger partial charge in [-0.1, -0.05) is 32.0 Å².